The van der Waals surface area contributed by atoms with Gasteiger partial charge < -0.3 is 14.9 Å². The highest BCUT2D eigenvalue weighted by Gasteiger charge is 2.06. The first kappa shape index (κ1) is 11.9. The highest BCUT2D eigenvalue weighted by molar-refractivity contribution is 7.17. The fourth-order valence-electron chi connectivity index (χ4n) is 1.88. The number of rotatable bonds is 3. The number of hydrogen-bond donors (Lipinski definition) is 2. The third-order valence-corrected chi connectivity index (χ3v) is 3.88. The Bertz CT molecular complexity index is 701. The van der Waals surface area contributed by atoms with Crippen LogP contribution in [0.5, 0.6) is 17.2 Å². The van der Waals surface area contributed by atoms with Gasteiger partial charge in [-0.25, -0.2) is 0 Å². The zero-order valence-electron chi connectivity index (χ0n) is 10.0. The second-order valence-corrected chi connectivity index (χ2v) is 5.14. The summed E-state index contributed by atoms with van der Waals surface area (Å²) in [5, 5.41) is 21.8. The molecule has 0 aliphatic heterocycles. The van der Waals surface area contributed by atoms with Gasteiger partial charge in [0.1, 0.15) is 23.9 Å². The lowest BCUT2D eigenvalue weighted by molar-refractivity contribution is 0.307. The number of aromatic hydroxyl groups is 2. The molecule has 3 rings (SSSR count). The predicted octanol–water partition coefficient (Wildman–Crippen LogP) is 3.89. The van der Waals surface area contributed by atoms with E-state index >= 15 is 0 Å². The van der Waals surface area contributed by atoms with Crippen LogP contribution in [0.15, 0.2) is 47.8 Å². The molecule has 0 saturated carbocycles. The molecule has 0 aliphatic rings. The molecule has 19 heavy (non-hydrogen) atoms. The number of fused-ring (bicyclic) bond motifs is 1. The van der Waals surface area contributed by atoms with Gasteiger partial charge in [-0.3, -0.25) is 0 Å². The second kappa shape index (κ2) is 4.82. The van der Waals surface area contributed by atoms with Gasteiger partial charge in [0.25, 0.3) is 0 Å². The first-order valence-corrected chi connectivity index (χ1v) is 6.71. The van der Waals surface area contributed by atoms with E-state index in [-0.39, 0.29) is 11.5 Å². The molecular formula is C15H12O3S. The van der Waals surface area contributed by atoms with Gasteiger partial charge in [-0.15, -0.1) is 11.3 Å². The minimum atomic E-state index is 0.221. The Hall–Kier alpha value is -2.20. The van der Waals surface area contributed by atoms with Gasteiger partial charge in [0.15, 0.2) is 0 Å². The quantitative estimate of drug-likeness (QED) is 0.760. The number of ether oxygens (including phenoxy) is 1. The molecule has 1 heterocycles. The summed E-state index contributed by atoms with van der Waals surface area (Å²) < 4.78 is 6.79. The van der Waals surface area contributed by atoms with Crippen LogP contribution in [0, 0.1) is 0 Å². The topological polar surface area (TPSA) is 49.7 Å². The molecule has 0 unspecified atom stereocenters. The molecule has 0 radical (unpaired) electrons. The minimum Gasteiger partial charge on any atom is -0.508 e. The number of phenolic OH excluding ortho intramolecular Hbond substituents is 2. The van der Waals surface area contributed by atoms with Crippen LogP contribution < -0.4 is 4.74 Å². The molecule has 0 saturated heterocycles. The summed E-state index contributed by atoms with van der Waals surface area (Å²) in [4.78, 5) is 0. The highest BCUT2D eigenvalue weighted by atomic mass is 32.1. The SMILES string of the molecule is Oc1ccc(OCc2csc3ccc(O)cc23)cc1. The molecule has 2 aromatic carbocycles. The van der Waals surface area contributed by atoms with Crippen molar-refractivity contribution in [3.05, 3.63) is 53.4 Å². The normalized spacial score (nSPS) is 10.7. The Labute approximate surface area is 114 Å². The molecule has 0 aliphatic carbocycles. The molecule has 3 nitrogen and oxygen atoms in total. The fraction of sp³-hybridized carbons (Fsp3) is 0.0667. The Morgan fingerprint density at radius 2 is 1.68 bits per heavy atom. The largest absolute Gasteiger partial charge is 0.508 e. The van der Waals surface area contributed by atoms with E-state index in [9.17, 15) is 10.2 Å². The fourth-order valence-corrected chi connectivity index (χ4v) is 2.81. The summed E-state index contributed by atoms with van der Waals surface area (Å²) in [6, 6.07) is 12.0. The van der Waals surface area contributed by atoms with Crippen LogP contribution in [-0.4, -0.2) is 10.2 Å². The van der Waals surface area contributed by atoms with Crippen molar-refractivity contribution in [2.75, 3.05) is 0 Å². The van der Waals surface area contributed by atoms with E-state index in [0.717, 1.165) is 15.6 Å². The maximum atomic E-state index is 9.52. The zero-order valence-corrected chi connectivity index (χ0v) is 10.9. The van der Waals surface area contributed by atoms with Gasteiger partial charge in [-0.05, 0) is 47.8 Å². The molecule has 2 N–H and O–H groups in total. The van der Waals surface area contributed by atoms with E-state index in [1.807, 2.05) is 11.4 Å². The van der Waals surface area contributed by atoms with Crippen LogP contribution >= 0.6 is 11.3 Å². The maximum absolute atomic E-state index is 9.52. The van der Waals surface area contributed by atoms with Crippen molar-refractivity contribution in [3.63, 3.8) is 0 Å². The van der Waals surface area contributed by atoms with Gasteiger partial charge in [0.05, 0.1) is 0 Å². The summed E-state index contributed by atoms with van der Waals surface area (Å²) in [6.07, 6.45) is 0. The van der Waals surface area contributed by atoms with Gasteiger partial charge in [0.2, 0.25) is 0 Å². The third kappa shape index (κ3) is 2.48. The molecule has 0 spiro atoms. The Morgan fingerprint density at radius 3 is 2.47 bits per heavy atom. The molecule has 0 fully saturated rings. The van der Waals surface area contributed by atoms with Crippen molar-refractivity contribution in [2.24, 2.45) is 0 Å². The van der Waals surface area contributed by atoms with Crippen molar-refractivity contribution in [2.45, 2.75) is 6.61 Å². The first-order valence-electron chi connectivity index (χ1n) is 5.83. The smallest absolute Gasteiger partial charge is 0.120 e. The molecule has 3 aromatic rings. The zero-order chi connectivity index (χ0) is 13.2. The molecular weight excluding hydrogens is 260 g/mol. The Kier molecular flexibility index (Phi) is 3.01. The van der Waals surface area contributed by atoms with Crippen molar-refractivity contribution >= 4 is 21.4 Å². The Balaban J connectivity index is 1.81. The number of hydrogen-bond acceptors (Lipinski definition) is 4. The summed E-state index contributed by atoms with van der Waals surface area (Å²) >= 11 is 1.63. The molecule has 0 atom stereocenters. The van der Waals surface area contributed by atoms with Crippen molar-refractivity contribution in [3.8, 4) is 17.2 Å². The predicted molar refractivity (Wildman–Crippen MR) is 75.9 cm³/mol. The van der Waals surface area contributed by atoms with E-state index in [0.29, 0.717) is 12.4 Å². The van der Waals surface area contributed by atoms with E-state index < -0.39 is 0 Å². The van der Waals surface area contributed by atoms with E-state index in [4.69, 9.17) is 4.74 Å². The minimum absolute atomic E-state index is 0.221. The summed E-state index contributed by atoms with van der Waals surface area (Å²) in [6.45, 7) is 0.439. The van der Waals surface area contributed by atoms with E-state index in [1.54, 1.807) is 47.7 Å². The lowest BCUT2D eigenvalue weighted by Crippen LogP contribution is -1.93. The standard InChI is InChI=1S/C15H12O3S/c16-11-1-4-13(5-2-11)18-8-10-9-19-15-6-3-12(17)7-14(10)15/h1-7,9,16-17H,8H2. The molecule has 0 amide bonds. The van der Waals surface area contributed by atoms with Crippen LogP contribution in [0.2, 0.25) is 0 Å². The molecule has 96 valence electrons. The average molecular weight is 272 g/mol. The summed E-state index contributed by atoms with van der Waals surface area (Å²) in [5.41, 5.74) is 1.05. The lowest BCUT2D eigenvalue weighted by atomic mass is 10.2. The third-order valence-electron chi connectivity index (χ3n) is 2.87. The maximum Gasteiger partial charge on any atom is 0.120 e. The van der Waals surface area contributed by atoms with E-state index in [1.165, 1.54) is 0 Å². The second-order valence-electron chi connectivity index (χ2n) is 4.22. The highest BCUT2D eigenvalue weighted by Crippen LogP contribution is 2.30. The van der Waals surface area contributed by atoms with Crippen molar-refractivity contribution in [1.29, 1.82) is 0 Å². The van der Waals surface area contributed by atoms with Crippen LogP contribution in [0.4, 0.5) is 0 Å². The van der Waals surface area contributed by atoms with Gasteiger partial charge in [-0.1, -0.05) is 0 Å². The van der Waals surface area contributed by atoms with E-state index in [2.05, 4.69) is 0 Å². The van der Waals surface area contributed by atoms with Crippen LogP contribution in [0.25, 0.3) is 10.1 Å². The van der Waals surface area contributed by atoms with Crippen molar-refractivity contribution in [1.82, 2.24) is 0 Å². The summed E-state index contributed by atoms with van der Waals surface area (Å²) in [7, 11) is 0. The Morgan fingerprint density at radius 1 is 0.947 bits per heavy atom. The monoisotopic (exact) mass is 272 g/mol. The van der Waals surface area contributed by atoms with Crippen LogP contribution in [-0.2, 0) is 6.61 Å². The molecule has 0 bridgehead atoms. The number of phenols is 2. The number of thiophene rings is 1. The first-order chi connectivity index (χ1) is 9.22. The number of benzene rings is 2. The van der Waals surface area contributed by atoms with Crippen LogP contribution in [0.3, 0.4) is 0 Å². The van der Waals surface area contributed by atoms with Crippen LogP contribution in [0.1, 0.15) is 5.56 Å². The summed E-state index contributed by atoms with van der Waals surface area (Å²) in [5.74, 6) is 1.19. The average Bonchev–Trinajstić information content (AvgIpc) is 2.80. The van der Waals surface area contributed by atoms with Crippen molar-refractivity contribution < 1.29 is 14.9 Å². The lowest BCUT2D eigenvalue weighted by Gasteiger charge is -2.05. The van der Waals surface area contributed by atoms with Gasteiger partial charge >= 0.3 is 0 Å². The van der Waals surface area contributed by atoms with Gasteiger partial charge in [0, 0.05) is 15.6 Å². The molecule has 4 heteroatoms. The molecule has 1 aromatic heterocycles. The van der Waals surface area contributed by atoms with Gasteiger partial charge in [-0.2, -0.15) is 0 Å².